The van der Waals surface area contributed by atoms with E-state index in [4.69, 9.17) is 4.74 Å². The highest BCUT2D eigenvalue weighted by atomic mass is 16.5. The summed E-state index contributed by atoms with van der Waals surface area (Å²) in [7, 11) is 0. The molecule has 4 aromatic carbocycles. The molecule has 4 nitrogen and oxygen atoms in total. The Bertz CT molecular complexity index is 1260. The Morgan fingerprint density at radius 1 is 0.871 bits per heavy atom. The van der Waals surface area contributed by atoms with Crippen LogP contribution >= 0.6 is 0 Å². The molecule has 0 saturated heterocycles. The molecule has 4 rings (SSSR count). The maximum atomic E-state index is 12.4. The van der Waals surface area contributed by atoms with Crippen LogP contribution in [0.2, 0.25) is 0 Å². The van der Waals surface area contributed by atoms with Crippen molar-refractivity contribution in [2.75, 3.05) is 5.32 Å². The monoisotopic (exact) mass is 404 g/mol. The molecule has 0 radical (unpaired) electrons. The molecule has 0 fully saturated rings. The molecule has 1 amide bonds. The van der Waals surface area contributed by atoms with Gasteiger partial charge < -0.3 is 10.1 Å². The van der Waals surface area contributed by atoms with Crippen LogP contribution in [0.5, 0.6) is 5.75 Å². The summed E-state index contributed by atoms with van der Waals surface area (Å²) in [6, 6.07) is 32.7. The number of anilines is 1. The molecular weight excluding hydrogens is 384 g/mol. The first-order valence-corrected chi connectivity index (χ1v) is 9.90. The highest BCUT2D eigenvalue weighted by molar-refractivity contribution is 6.09. The predicted octanol–water partition coefficient (Wildman–Crippen LogP) is 5.96. The van der Waals surface area contributed by atoms with Gasteiger partial charge in [-0.25, -0.2) is 0 Å². The number of nitrogens with zero attached hydrogens (tertiary/aromatic N) is 1. The fourth-order valence-corrected chi connectivity index (χ4v) is 3.27. The van der Waals surface area contributed by atoms with E-state index in [9.17, 15) is 10.1 Å². The van der Waals surface area contributed by atoms with E-state index in [-0.39, 0.29) is 5.57 Å². The van der Waals surface area contributed by atoms with Crippen molar-refractivity contribution in [1.29, 1.82) is 5.26 Å². The molecule has 0 saturated carbocycles. The second-order valence-corrected chi connectivity index (χ2v) is 6.99. The summed E-state index contributed by atoms with van der Waals surface area (Å²) in [4.78, 5) is 12.4. The van der Waals surface area contributed by atoms with Crippen LogP contribution in [0.1, 0.15) is 11.1 Å². The topological polar surface area (TPSA) is 62.1 Å². The number of fused-ring (bicyclic) bond motifs is 1. The van der Waals surface area contributed by atoms with Gasteiger partial charge in [0.1, 0.15) is 24.0 Å². The molecule has 4 aromatic rings. The number of hydrogen-bond donors (Lipinski definition) is 1. The number of ether oxygens (including phenoxy) is 1. The molecule has 31 heavy (non-hydrogen) atoms. The average Bonchev–Trinajstić information content (AvgIpc) is 2.82. The van der Waals surface area contributed by atoms with Crippen molar-refractivity contribution in [3.63, 3.8) is 0 Å². The van der Waals surface area contributed by atoms with E-state index in [0.29, 0.717) is 12.3 Å². The molecular formula is C27H20N2O2. The van der Waals surface area contributed by atoms with Crippen LogP contribution in [-0.2, 0) is 11.4 Å². The lowest BCUT2D eigenvalue weighted by Crippen LogP contribution is -2.13. The van der Waals surface area contributed by atoms with Crippen LogP contribution < -0.4 is 10.1 Å². The van der Waals surface area contributed by atoms with Crippen molar-refractivity contribution in [3.05, 3.63) is 114 Å². The molecule has 0 aliphatic heterocycles. The highest BCUT2D eigenvalue weighted by Gasteiger charge is 2.09. The number of amides is 1. The highest BCUT2D eigenvalue weighted by Crippen LogP contribution is 2.21. The van der Waals surface area contributed by atoms with Gasteiger partial charge in [0, 0.05) is 5.69 Å². The largest absolute Gasteiger partial charge is 0.489 e. The Labute approximate surface area is 181 Å². The second kappa shape index (κ2) is 9.43. The zero-order valence-corrected chi connectivity index (χ0v) is 16.8. The van der Waals surface area contributed by atoms with E-state index in [0.717, 1.165) is 16.9 Å². The predicted molar refractivity (Wildman–Crippen MR) is 123 cm³/mol. The van der Waals surface area contributed by atoms with Gasteiger partial charge >= 0.3 is 0 Å². The van der Waals surface area contributed by atoms with Crippen molar-refractivity contribution in [1.82, 2.24) is 0 Å². The Kier molecular flexibility index (Phi) is 6.06. The number of benzene rings is 4. The minimum Gasteiger partial charge on any atom is -0.489 e. The van der Waals surface area contributed by atoms with Crippen molar-refractivity contribution in [2.24, 2.45) is 0 Å². The van der Waals surface area contributed by atoms with E-state index in [1.165, 1.54) is 10.8 Å². The Hall–Kier alpha value is -4.36. The fraction of sp³-hybridized carbons (Fsp3) is 0.0370. The van der Waals surface area contributed by atoms with Gasteiger partial charge in [0.25, 0.3) is 5.91 Å². The minimum atomic E-state index is -0.440. The number of nitrogens with one attached hydrogen (secondary N) is 1. The maximum absolute atomic E-state index is 12.4. The van der Waals surface area contributed by atoms with E-state index < -0.39 is 5.91 Å². The van der Waals surface area contributed by atoms with Crippen molar-refractivity contribution < 1.29 is 9.53 Å². The van der Waals surface area contributed by atoms with E-state index in [1.54, 1.807) is 18.2 Å². The molecule has 150 valence electrons. The van der Waals surface area contributed by atoms with Gasteiger partial charge in [0.05, 0.1) is 0 Å². The first-order valence-electron chi connectivity index (χ1n) is 9.90. The molecule has 0 aliphatic rings. The lowest BCUT2D eigenvalue weighted by Gasteiger charge is -2.09. The zero-order valence-electron chi connectivity index (χ0n) is 16.8. The van der Waals surface area contributed by atoms with Crippen molar-refractivity contribution >= 4 is 28.4 Å². The summed E-state index contributed by atoms with van der Waals surface area (Å²) in [6.45, 7) is 0.458. The van der Waals surface area contributed by atoms with Gasteiger partial charge in [-0.1, -0.05) is 72.8 Å². The maximum Gasteiger partial charge on any atom is 0.266 e. The summed E-state index contributed by atoms with van der Waals surface area (Å²) in [5.74, 6) is 0.280. The van der Waals surface area contributed by atoms with Crippen LogP contribution in [0.25, 0.3) is 16.8 Å². The standard InChI is InChI=1S/C27H20N2O2/c28-18-23(27(30)29-24-10-2-1-3-11-24)17-20-13-15-25(16-14-20)31-19-22-9-6-8-21-7-4-5-12-26(21)22/h1-17H,19H2,(H,29,30)/b23-17+. The SMILES string of the molecule is N#C/C(=C\c1ccc(OCc2cccc3ccccc23)cc1)C(=O)Nc1ccccc1. The molecule has 0 spiro atoms. The number of rotatable bonds is 6. The number of hydrogen-bond acceptors (Lipinski definition) is 3. The molecule has 4 heteroatoms. The molecule has 0 unspecified atom stereocenters. The zero-order chi connectivity index (χ0) is 21.5. The van der Waals surface area contributed by atoms with Crippen LogP contribution in [0, 0.1) is 11.3 Å². The summed E-state index contributed by atoms with van der Waals surface area (Å²) < 4.78 is 5.95. The molecule has 1 N–H and O–H groups in total. The van der Waals surface area contributed by atoms with Gasteiger partial charge in [-0.2, -0.15) is 5.26 Å². The lowest BCUT2D eigenvalue weighted by molar-refractivity contribution is -0.112. The van der Waals surface area contributed by atoms with Crippen LogP contribution in [0.15, 0.2) is 103 Å². The van der Waals surface area contributed by atoms with Gasteiger partial charge in [-0.15, -0.1) is 0 Å². The third kappa shape index (κ3) is 4.98. The first-order chi connectivity index (χ1) is 15.2. The van der Waals surface area contributed by atoms with Gasteiger partial charge in [0.2, 0.25) is 0 Å². The van der Waals surface area contributed by atoms with Crippen LogP contribution in [0.4, 0.5) is 5.69 Å². The van der Waals surface area contributed by atoms with Crippen molar-refractivity contribution in [2.45, 2.75) is 6.61 Å². The summed E-state index contributed by atoms with van der Waals surface area (Å²) >= 11 is 0. The van der Waals surface area contributed by atoms with Gasteiger partial charge in [-0.3, -0.25) is 4.79 Å². The molecule has 0 bridgehead atoms. The van der Waals surface area contributed by atoms with Gasteiger partial charge in [-0.05, 0) is 52.2 Å². The fourth-order valence-electron chi connectivity index (χ4n) is 3.27. The Morgan fingerprint density at radius 2 is 1.58 bits per heavy atom. The minimum absolute atomic E-state index is 0.0354. The van der Waals surface area contributed by atoms with Gasteiger partial charge in [0.15, 0.2) is 0 Å². The smallest absolute Gasteiger partial charge is 0.266 e. The normalized spacial score (nSPS) is 11.0. The Balaban J connectivity index is 1.43. The quantitative estimate of drug-likeness (QED) is 0.318. The molecule has 0 atom stereocenters. The molecule has 0 heterocycles. The molecule has 0 aliphatic carbocycles. The third-order valence-corrected chi connectivity index (χ3v) is 4.86. The third-order valence-electron chi connectivity index (χ3n) is 4.86. The van der Waals surface area contributed by atoms with E-state index in [2.05, 4.69) is 29.6 Å². The summed E-state index contributed by atoms with van der Waals surface area (Å²) in [5.41, 5.74) is 2.54. The number of para-hydroxylation sites is 1. The average molecular weight is 404 g/mol. The second-order valence-electron chi connectivity index (χ2n) is 6.99. The Morgan fingerprint density at radius 3 is 2.35 bits per heavy atom. The number of carbonyl (C=O) groups excluding carboxylic acids is 1. The number of nitriles is 1. The molecule has 0 aromatic heterocycles. The van der Waals surface area contributed by atoms with Crippen LogP contribution in [-0.4, -0.2) is 5.91 Å². The number of carbonyl (C=O) groups is 1. The lowest BCUT2D eigenvalue weighted by atomic mass is 10.1. The van der Waals surface area contributed by atoms with Crippen LogP contribution in [0.3, 0.4) is 0 Å². The summed E-state index contributed by atoms with van der Waals surface area (Å²) in [5, 5.41) is 14.5. The van der Waals surface area contributed by atoms with E-state index in [1.807, 2.05) is 66.7 Å². The van der Waals surface area contributed by atoms with Crippen molar-refractivity contribution in [3.8, 4) is 11.8 Å². The first kappa shape index (κ1) is 19.9. The van der Waals surface area contributed by atoms with E-state index >= 15 is 0 Å². The summed E-state index contributed by atoms with van der Waals surface area (Å²) in [6.07, 6.45) is 1.56.